The molecule has 0 radical (unpaired) electrons. The van der Waals surface area contributed by atoms with Gasteiger partial charge in [0.25, 0.3) is 5.91 Å². The van der Waals surface area contributed by atoms with Crippen molar-refractivity contribution < 1.29 is 19.7 Å². The number of piperidine rings is 1. The fourth-order valence-electron chi connectivity index (χ4n) is 5.34. The number of carbonyl (C=O) groups excluding carboxylic acids is 1. The molecule has 0 bridgehead atoms. The number of likely N-dealkylation sites (tertiary alicyclic amines) is 1. The van der Waals surface area contributed by atoms with Crippen LogP contribution < -0.4 is 4.74 Å². The zero-order chi connectivity index (χ0) is 19.3. The van der Waals surface area contributed by atoms with E-state index in [1.54, 1.807) is 11.0 Å². The van der Waals surface area contributed by atoms with Gasteiger partial charge in [0.05, 0.1) is 11.7 Å². The number of carbonyl (C=O) groups is 1. The molecule has 2 heterocycles. The molecular weight excluding hydrogens is 342 g/mol. The third-order valence-electron chi connectivity index (χ3n) is 6.91. The van der Waals surface area contributed by atoms with E-state index < -0.39 is 0 Å². The number of aromatic hydroxyl groups is 1. The number of aliphatic hydroxyl groups excluding tert-OH is 1. The Morgan fingerprint density at radius 3 is 2.59 bits per heavy atom. The molecule has 1 saturated heterocycles. The lowest BCUT2D eigenvalue weighted by molar-refractivity contribution is -0.0145. The van der Waals surface area contributed by atoms with Gasteiger partial charge in [-0.05, 0) is 63.5 Å². The molecule has 148 valence electrons. The molecule has 1 saturated carbocycles. The number of fused-ring (bicyclic) bond motifs is 3. The van der Waals surface area contributed by atoms with Gasteiger partial charge < -0.3 is 19.8 Å². The molecule has 1 aliphatic carbocycles. The van der Waals surface area contributed by atoms with Gasteiger partial charge in [0.1, 0.15) is 17.1 Å². The van der Waals surface area contributed by atoms with Crippen LogP contribution in [-0.2, 0) is 0 Å². The fraction of sp³-hybridized carbons (Fsp3) is 0.682. The molecule has 4 rings (SSSR count). The molecule has 1 amide bonds. The first-order valence-corrected chi connectivity index (χ1v) is 10.3. The maximum absolute atomic E-state index is 13.0. The molecule has 27 heavy (non-hydrogen) atoms. The molecule has 3 aliphatic rings. The monoisotopic (exact) mass is 373 g/mol. The number of hydrogen-bond acceptors (Lipinski definition) is 4. The summed E-state index contributed by atoms with van der Waals surface area (Å²) in [6.07, 6.45) is 4.14. The van der Waals surface area contributed by atoms with Gasteiger partial charge >= 0.3 is 0 Å². The third kappa shape index (κ3) is 3.20. The zero-order valence-electron chi connectivity index (χ0n) is 16.6. The van der Waals surface area contributed by atoms with Gasteiger partial charge in [-0.25, -0.2) is 0 Å². The summed E-state index contributed by atoms with van der Waals surface area (Å²) in [4.78, 5) is 14.7. The first-order chi connectivity index (χ1) is 12.8. The van der Waals surface area contributed by atoms with Gasteiger partial charge in [-0.3, -0.25) is 4.79 Å². The Kier molecular flexibility index (Phi) is 4.61. The highest BCUT2D eigenvalue weighted by molar-refractivity contribution is 5.97. The van der Waals surface area contributed by atoms with E-state index in [0.29, 0.717) is 43.3 Å². The number of rotatable bonds is 1. The van der Waals surface area contributed by atoms with Crippen LogP contribution in [0.1, 0.15) is 74.7 Å². The number of hydrogen-bond donors (Lipinski definition) is 2. The van der Waals surface area contributed by atoms with Crippen LogP contribution in [0.4, 0.5) is 0 Å². The molecule has 3 atom stereocenters. The average molecular weight is 373 g/mol. The molecule has 2 fully saturated rings. The molecule has 2 aliphatic heterocycles. The summed E-state index contributed by atoms with van der Waals surface area (Å²) < 4.78 is 6.28. The van der Waals surface area contributed by atoms with E-state index in [0.717, 1.165) is 24.2 Å². The Balaban J connectivity index is 1.70. The van der Waals surface area contributed by atoms with Crippen molar-refractivity contribution in [3.8, 4) is 11.5 Å². The van der Waals surface area contributed by atoms with Crippen LogP contribution in [0.2, 0.25) is 0 Å². The lowest BCUT2D eigenvalue weighted by atomic mass is 9.64. The molecule has 0 spiro atoms. The Bertz CT molecular complexity index is 736. The summed E-state index contributed by atoms with van der Waals surface area (Å²) in [7, 11) is 0. The number of phenolic OH excluding ortho intramolecular Hbond substituents is 1. The van der Waals surface area contributed by atoms with Crippen LogP contribution in [0, 0.1) is 11.8 Å². The molecule has 5 heteroatoms. The van der Waals surface area contributed by atoms with Crippen molar-refractivity contribution in [2.45, 2.75) is 70.5 Å². The standard InChI is InChI=1S/C22H31NO4/c1-13-4-6-17-16(12-13)19-18(27-22(17,2)3)7-5-15(20(19)25)21(26)23-10-8-14(24)9-11-23/h5,7,13-14,16-17,24-25H,4,6,8-12H2,1-3H3/t13-,16-,17-/m1/s1. The maximum atomic E-state index is 13.0. The van der Waals surface area contributed by atoms with Gasteiger partial charge in [0.15, 0.2) is 0 Å². The van der Waals surface area contributed by atoms with Crippen molar-refractivity contribution in [2.24, 2.45) is 11.8 Å². The summed E-state index contributed by atoms with van der Waals surface area (Å²) in [6.45, 7) is 7.60. The number of amides is 1. The molecule has 5 nitrogen and oxygen atoms in total. The number of benzene rings is 1. The van der Waals surface area contributed by atoms with Gasteiger partial charge in [0, 0.05) is 24.6 Å². The first kappa shape index (κ1) is 18.6. The second-order valence-electron chi connectivity index (χ2n) is 9.23. The maximum Gasteiger partial charge on any atom is 0.257 e. The number of nitrogens with zero attached hydrogens (tertiary/aromatic N) is 1. The molecule has 1 aromatic carbocycles. The summed E-state index contributed by atoms with van der Waals surface area (Å²) in [5, 5.41) is 20.8. The van der Waals surface area contributed by atoms with Gasteiger partial charge in [-0.2, -0.15) is 0 Å². The quantitative estimate of drug-likeness (QED) is 0.788. The van der Waals surface area contributed by atoms with Crippen molar-refractivity contribution >= 4 is 5.91 Å². The van der Waals surface area contributed by atoms with Crippen molar-refractivity contribution in [2.75, 3.05) is 13.1 Å². The summed E-state index contributed by atoms with van der Waals surface area (Å²) in [5.41, 5.74) is 0.929. The van der Waals surface area contributed by atoms with Crippen LogP contribution >= 0.6 is 0 Å². The number of phenols is 1. The lowest BCUT2D eigenvalue weighted by Gasteiger charge is -2.49. The molecule has 0 unspecified atom stereocenters. The predicted octanol–water partition coefficient (Wildman–Crippen LogP) is 3.68. The average Bonchev–Trinajstić information content (AvgIpc) is 2.61. The topological polar surface area (TPSA) is 70.0 Å². The van der Waals surface area contributed by atoms with E-state index in [1.807, 2.05) is 6.07 Å². The molecular formula is C22H31NO4. The molecule has 1 aromatic rings. The van der Waals surface area contributed by atoms with Crippen molar-refractivity contribution in [3.05, 3.63) is 23.3 Å². The van der Waals surface area contributed by atoms with E-state index >= 15 is 0 Å². The van der Waals surface area contributed by atoms with E-state index in [-0.39, 0.29) is 29.3 Å². The van der Waals surface area contributed by atoms with Crippen LogP contribution in [0.15, 0.2) is 12.1 Å². The first-order valence-electron chi connectivity index (χ1n) is 10.3. The van der Waals surface area contributed by atoms with Crippen LogP contribution in [0.25, 0.3) is 0 Å². The Morgan fingerprint density at radius 1 is 1.19 bits per heavy atom. The van der Waals surface area contributed by atoms with E-state index in [4.69, 9.17) is 4.74 Å². The van der Waals surface area contributed by atoms with E-state index in [1.165, 1.54) is 6.42 Å². The van der Waals surface area contributed by atoms with Crippen LogP contribution in [-0.4, -0.2) is 45.8 Å². The Hall–Kier alpha value is -1.75. The molecule has 2 N–H and O–H groups in total. The number of aliphatic hydroxyl groups is 1. The van der Waals surface area contributed by atoms with Gasteiger partial charge in [0.2, 0.25) is 0 Å². The van der Waals surface area contributed by atoms with Crippen LogP contribution in [0.5, 0.6) is 11.5 Å². The lowest BCUT2D eigenvalue weighted by Crippen LogP contribution is -2.46. The van der Waals surface area contributed by atoms with Crippen LogP contribution in [0.3, 0.4) is 0 Å². The second kappa shape index (κ2) is 6.69. The van der Waals surface area contributed by atoms with E-state index in [2.05, 4.69) is 20.8 Å². The number of ether oxygens (including phenoxy) is 1. The minimum atomic E-state index is -0.328. The van der Waals surface area contributed by atoms with Gasteiger partial charge in [-0.15, -0.1) is 0 Å². The highest BCUT2D eigenvalue weighted by Crippen LogP contribution is 2.55. The highest BCUT2D eigenvalue weighted by atomic mass is 16.5. The fourth-order valence-corrected chi connectivity index (χ4v) is 5.34. The second-order valence-corrected chi connectivity index (χ2v) is 9.23. The summed E-state index contributed by atoms with van der Waals surface area (Å²) in [6, 6.07) is 3.56. The largest absolute Gasteiger partial charge is 0.507 e. The minimum Gasteiger partial charge on any atom is -0.507 e. The SMILES string of the molecule is C[C@@H]1CC[C@@H]2[C@@H](C1)c1c(ccc(C(=O)N3CCC(O)CC3)c1O)OC2(C)C. The third-order valence-corrected chi connectivity index (χ3v) is 6.91. The summed E-state index contributed by atoms with van der Waals surface area (Å²) >= 11 is 0. The normalized spacial score (nSPS) is 30.2. The van der Waals surface area contributed by atoms with E-state index in [9.17, 15) is 15.0 Å². The zero-order valence-corrected chi connectivity index (χ0v) is 16.6. The van der Waals surface area contributed by atoms with Crippen molar-refractivity contribution in [1.29, 1.82) is 0 Å². The van der Waals surface area contributed by atoms with Crippen molar-refractivity contribution in [3.63, 3.8) is 0 Å². The molecule has 0 aromatic heterocycles. The summed E-state index contributed by atoms with van der Waals surface area (Å²) in [5.74, 6) is 1.86. The Morgan fingerprint density at radius 2 is 1.89 bits per heavy atom. The Labute approximate surface area is 161 Å². The smallest absolute Gasteiger partial charge is 0.257 e. The van der Waals surface area contributed by atoms with Gasteiger partial charge in [-0.1, -0.05) is 13.3 Å². The predicted molar refractivity (Wildman–Crippen MR) is 103 cm³/mol. The highest BCUT2D eigenvalue weighted by Gasteiger charge is 2.47. The van der Waals surface area contributed by atoms with Crippen molar-refractivity contribution in [1.82, 2.24) is 4.90 Å². The minimum absolute atomic E-state index is 0.100.